The maximum Gasteiger partial charge on any atom is 0.0323 e. The molecular formula is C16H28N2. The summed E-state index contributed by atoms with van der Waals surface area (Å²) in [6, 6.07) is 9.33. The van der Waals surface area contributed by atoms with Gasteiger partial charge in [-0.15, -0.1) is 0 Å². The highest BCUT2D eigenvalue weighted by atomic mass is 14.9. The van der Waals surface area contributed by atoms with Gasteiger partial charge in [0.25, 0.3) is 0 Å². The Labute approximate surface area is 112 Å². The van der Waals surface area contributed by atoms with Crippen LogP contribution in [0.3, 0.4) is 0 Å². The summed E-state index contributed by atoms with van der Waals surface area (Å²) in [5, 5.41) is 3.40. The van der Waals surface area contributed by atoms with E-state index in [1.165, 1.54) is 11.1 Å². The molecule has 2 nitrogen and oxygen atoms in total. The molecule has 0 spiro atoms. The number of nitrogens with two attached hydrogens (primary N) is 1. The van der Waals surface area contributed by atoms with E-state index in [0.29, 0.717) is 12.0 Å². The van der Waals surface area contributed by atoms with Crippen LogP contribution in [0.25, 0.3) is 0 Å². The van der Waals surface area contributed by atoms with Crippen molar-refractivity contribution in [2.75, 3.05) is 13.6 Å². The second kappa shape index (κ2) is 6.35. The van der Waals surface area contributed by atoms with Gasteiger partial charge < -0.3 is 11.1 Å². The summed E-state index contributed by atoms with van der Waals surface area (Å²) in [6.45, 7) is 9.61. The molecule has 3 N–H and O–H groups in total. The Kier molecular flexibility index (Phi) is 5.36. The highest BCUT2D eigenvalue weighted by molar-refractivity contribution is 5.27. The molecule has 2 heteroatoms. The minimum absolute atomic E-state index is 0.171. The third-order valence-corrected chi connectivity index (χ3v) is 3.66. The molecule has 1 rings (SSSR count). The van der Waals surface area contributed by atoms with Crippen molar-refractivity contribution >= 4 is 0 Å². The number of rotatable bonds is 6. The molecule has 1 unspecified atom stereocenters. The maximum absolute atomic E-state index is 5.82. The Morgan fingerprint density at radius 2 is 1.61 bits per heavy atom. The van der Waals surface area contributed by atoms with Gasteiger partial charge in [-0.3, -0.25) is 0 Å². The first-order chi connectivity index (χ1) is 8.39. The van der Waals surface area contributed by atoms with Gasteiger partial charge in [-0.1, -0.05) is 52.0 Å². The van der Waals surface area contributed by atoms with Crippen molar-refractivity contribution in [3.05, 3.63) is 35.4 Å². The summed E-state index contributed by atoms with van der Waals surface area (Å²) in [6.07, 6.45) is 1.06. The third kappa shape index (κ3) is 4.11. The molecule has 0 bridgehead atoms. The van der Waals surface area contributed by atoms with Gasteiger partial charge in [0.2, 0.25) is 0 Å². The molecule has 0 heterocycles. The van der Waals surface area contributed by atoms with Gasteiger partial charge in [0.15, 0.2) is 0 Å². The first kappa shape index (κ1) is 15.2. The van der Waals surface area contributed by atoms with Crippen LogP contribution in [-0.4, -0.2) is 13.6 Å². The Bertz CT molecular complexity index is 352. The largest absolute Gasteiger partial charge is 0.330 e. The van der Waals surface area contributed by atoms with Crippen LogP contribution in [0.1, 0.15) is 57.2 Å². The fourth-order valence-corrected chi connectivity index (χ4v) is 2.14. The first-order valence-electron chi connectivity index (χ1n) is 6.87. The van der Waals surface area contributed by atoms with Gasteiger partial charge >= 0.3 is 0 Å². The van der Waals surface area contributed by atoms with Crippen LogP contribution in [0.2, 0.25) is 0 Å². The molecule has 0 fully saturated rings. The van der Waals surface area contributed by atoms with Gasteiger partial charge in [0, 0.05) is 6.04 Å². The zero-order valence-corrected chi connectivity index (χ0v) is 12.5. The lowest BCUT2D eigenvalue weighted by Gasteiger charge is -2.28. The van der Waals surface area contributed by atoms with Crippen LogP contribution in [-0.2, 0) is 0 Å². The normalized spacial score (nSPS) is 13.9. The lowest BCUT2D eigenvalue weighted by molar-refractivity contribution is 0.299. The van der Waals surface area contributed by atoms with Crippen molar-refractivity contribution < 1.29 is 0 Å². The molecule has 0 aliphatic heterocycles. The van der Waals surface area contributed by atoms with E-state index >= 15 is 0 Å². The molecule has 0 aliphatic carbocycles. The summed E-state index contributed by atoms with van der Waals surface area (Å²) >= 11 is 0. The molecule has 0 aliphatic rings. The van der Waals surface area contributed by atoms with Crippen LogP contribution >= 0.6 is 0 Å². The monoisotopic (exact) mass is 248 g/mol. The molecule has 0 aromatic heterocycles. The van der Waals surface area contributed by atoms with Crippen LogP contribution in [0.5, 0.6) is 0 Å². The molecule has 1 atom stereocenters. The number of hydrogen-bond acceptors (Lipinski definition) is 2. The van der Waals surface area contributed by atoms with E-state index < -0.39 is 0 Å². The Morgan fingerprint density at radius 1 is 1.11 bits per heavy atom. The van der Waals surface area contributed by atoms with E-state index in [0.717, 1.165) is 13.0 Å². The zero-order valence-electron chi connectivity index (χ0n) is 12.5. The second-order valence-electron chi connectivity index (χ2n) is 6.24. The van der Waals surface area contributed by atoms with Crippen molar-refractivity contribution in [2.24, 2.45) is 11.1 Å². The highest BCUT2D eigenvalue weighted by Gasteiger charge is 2.22. The molecule has 1 aromatic rings. The number of hydrogen-bond donors (Lipinski definition) is 2. The van der Waals surface area contributed by atoms with Gasteiger partial charge in [-0.05, 0) is 42.5 Å². The summed E-state index contributed by atoms with van der Waals surface area (Å²) in [5.41, 5.74) is 8.74. The van der Waals surface area contributed by atoms with Gasteiger partial charge in [0.05, 0.1) is 0 Å². The number of nitrogens with one attached hydrogen (secondary N) is 1. The van der Waals surface area contributed by atoms with E-state index in [-0.39, 0.29) is 5.41 Å². The van der Waals surface area contributed by atoms with Crippen LogP contribution in [0, 0.1) is 5.41 Å². The minimum Gasteiger partial charge on any atom is -0.330 e. The topological polar surface area (TPSA) is 38.0 Å². The second-order valence-corrected chi connectivity index (χ2v) is 6.24. The lowest BCUT2D eigenvalue weighted by Crippen LogP contribution is -2.30. The smallest absolute Gasteiger partial charge is 0.0323 e. The van der Waals surface area contributed by atoms with Crippen molar-refractivity contribution in [3.63, 3.8) is 0 Å². The molecule has 1 aromatic carbocycles. The van der Waals surface area contributed by atoms with E-state index in [1.807, 2.05) is 7.05 Å². The first-order valence-corrected chi connectivity index (χ1v) is 6.87. The molecular weight excluding hydrogens is 220 g/mol. The van der Waals surface area contributed by atoms with Crippen molar-refractivity contribution in [1.29, 1.82) is 0 Å². The van der Waals surface area contributed by atoms with E-state index in [2.05, 4.69) is 57.3 Å². The van der Waals surface area contributed by atoms with Crippen molar-refractivity contribution in [3.8, 4) is 0 Å². The predicted molar refractivity (Wildman–Crippen MR) is 79.8 cm³/mol. The Hall–Kier alpha value is -0.860. The quantitative estimate of drug-likeness (QED) is 0.809. The van der Waals surface area contributed by atoms with Gasteiger partial charge in [0.1, 0.15) is 0 Å². The fraction of sp³-hybridized carbons (Fsp3) is 0.625. The van der Waals surface area contributed by atoms with Crippen LogP contribution < -0.4 is 11.1 Å². The van der Waals surface area contributed by atoms with Crippen molar-refractivity contribution in [1.82, 2.24) is 5.32 Å². The predicted octanol–water partition coefficient (Wildman–Crippen LogP) is 3.45. The Balaban J connectivity index is 2.82. The fourth-order valence-electron chi connectivity index (χ4n) is 2.14. The van der Waals surface area contributed by atoms with E-state index in [9.17, 15) is 0 Å². The van der Waals surface area contributed by atoms with Gasteiger partial charge in [-0.2, -0.15) is 0 Å². The molecule has 102 valence electrons. The van der Waals surface area contributed by atoms with Crippen LogP contribution in [0.15, 0.2) is 24.3 Å². The third-order valence-electron chi connectivity index (χ3n) is 3.66. The molecule has 18 heavy (non-hydrogen) atoms. The summed E-state index contributed by atoms with van der Waals surface area (Å²) < 4.78 is 0. The molecule has 0 radical (unpaired) electrons. The highest BCUT2D eigenvalue weighted by Crippen LogP contribution is 2.29. The maximum atomic E-state index is 5.82. The average molecular weight is 248 g/mol. The van der Waals surface area contributed by atoms with E-state index in [4.69, 9.17) is 5.73 Å². The summed E-state index contributed by atoms with van der Waals surface area (Å²) in [4.78, 5) is 0. The summed E-state index contributed by atoms with van der Waals surface area (Å²) in [5.74, 6) is 0.590. The average Bonchev–Trinajstić information content (AvgIpc) is 2.36. The molecule has 0 saturated carbocycles. The molecule has 0 amide bonds. The number of benzene rings is 1. The SMILES string of the molecule is CNC(CC(C)(C)CN)c1ccc(C(C)C)cc1. The van der Waals surface area contributed by atoms with E-state index in [1.54, 1.807) is 0 Å². The lowest BCUT2D eigenvalue weighted by atomic mass is 9.83. The minimum atomic E-state index is 0.171. The van der Waals surface area contributed by atoms with Crippen molar-refractivity contribution in [2.45, 2.75) is 46.1 Å². The zero-order chi connectivity index (χ0) is 13.8. The van der Waals surface area contributed by atoms with Crippen LogP contribution in [0.4, 0.5) is 0 Å². The standard InChI is InChI=1S/C16H28N2/c1-12(2)13-6-8-14(9-7-13)15(18-5)10-16(3,4)11-17/h6-9,12,15,18H,10-11,17H2,1-5H3. The summed E-state index contributed by atoms with van der Waals surface area (Å²) in [7, 11) is 2.02. The Morgan fingerprint density at radius 3 is 2.00 bits per heavy atom. The van der Waals surface area contributed by atoms with Gasteiger partial charge in [-0.25, -0.2) is 0 Å². The molecule has 0 saturated heterocycles.